The van der Waals surface area contributed by atoms with Crippen molar-refractivity contribution < 1.29 is 17.6 Å². The average molecular weight is 407 g/mol. The highest BCUT2D eigenvalue weighted by Gasteiger charge is 2.32. The van der Waals surface area contributed by atoms with Gasteiger partial charge in [-0.2, -0.15) is 13.2 Å². The Balaban J connectivity index is 2.02. The van der Waals surface area contributed by atoms with Crippen LogP contribution in [0.3, 0.4) is 0 Å². The van der Waals surface area contributed by atoms with Crippen LogP contribution in [0.15, 0.2) is 38.7 Å². The van der Waals surface area contributed by atoms with Crippen LogP contribution in [0.2, 0.25) is 0 Å². The maximum Gasteiger partial charge on any atom is 0.406 e. The first-order valence-electron chi connectivity index (χ1n) is 6.81. The minimum Gasteiger partial charge on any atom is -0.382 e. The van der Waals surface area contributed by atoms with E-state index in [1.807, 2.05) is 0 Å². The van der Waals surface area contributed by atoms with Gasteiger partial charge in [0.1, 0.15) is 23.9 Å². The van der Waals surface area contributed by atoms with Crippen molar-refractivity contribution in [3.05, 3.63) is 56.4 Å². The molecule has 0 radical (unpaired) electrons. The summed E-state index contributed by atoms with van der Waals surface area (Å²) in [5, 5.41) is 0. The van der Waals surface area contributed by atoms with E-state index in [1.54, 1.807) is 0 Å². The number of fused-ring (bicyclic) bond motifs is 1. The van der Waals surface area contributed by atoms with Crippen LogP contribution in [0.5, 0.6) is 0 Å². The number of aromatic nitrogens is 2. The van der Waals surface area contributed by atoms with Crippen molar-refractivity contribution in [3.8, 4) is 0 Å². The number of amidine groups is 1. The van der Waals surface area contributed by atoms with E-state index in [4.69, 9.17) is 5.73 Å². The highest BCUT2D eigenvalue weighted by atomic mass is 79.9. The molecule has 10 heteroatoms. The van der Waals surface area contributed by atoms with Gasteiger partial charge in [-0.3, -0.25) is 14.1 Å². The molecule has 5 nitrogen and oxygen atoms in total. The molecule has 0 saturated carbocycles. The number of nitrogens with zero attached hydrogens (tertiary/aromatic N) is 3. The minimum absolute atomic E-state index is 0.0902. The first-order valence-corrected chi connectivity index (χ1v) is 7.60. The molecular weight excluding hydrogens is 396 g/mol. The maximum atomic E-state index is 14.0. The number of benzene rings is 1. The summed E-state index contributed by atoms with van der Waals surface area (Å²) in [6.45, 7) is -1.51. The molecule has 1 atom stereocenters. The summed E-state index contributed by atoms with van der Waals surface area (Å²) in [5.74, 6) is -0.644. The number of alkyl halides is 3. The molecule has 0 saturated heterocycles. The van der Waals surface area contributed by atoms with Crippen molar-refractivity contribution in [1.29, 1.82) is 0 Å². The first-order chi connectivity index (χ1) is 11.2. The zero-order valence-corrected chi connectivity index (χ0v) is 13.6. The second-order valence-corrected chi connectivity index (χ2v) is 6.26. The zero-order valence-electron chi connectivity index (χ0n) is 12.0. The van der Waals surface area contributed by atoms with Gasteiger partial charge in [-0.15, -0.1) is 0 Å². The predicted molar refractivity (Wildman–Crippen MR) is 82.3 cm³/mol. The van der Waals surface area contributed by atoms with Gasteiger partial charge in [0.2, 0.25) is 0 Å². The third kappa shape index (κ3) is 3.10. The van der Waals surface area contributed by atoms with Crippen LogP contribution in [0, 0.1) is 5.82 Å². The summed E-state index contributed by atoms with van der Waals surface area (Å²) in [6, 6.07) is 3.44. The van der Waals surface area contributed by atoms with E-state index in [9.17, 15) is 22.4 Å². The van der Waals surface area contributed by atoms with Crippen molar-refractivity contribution in [2.75, 3.05) is 0 Å². The fourth-order valence-electron chi connectivity index (χ4n) is 2.60. The number of halogens is 5. The van der Waals surface area contributed by atoms with Crippen molar-refractivity contribution in [3.63, 3.8) is 0 Å². The Bertz CT molecular complexity index is 884. The molecule has 0 amide bonds. The van der Waals surface area contributed by atoms with Gasteiger partial charge in [-0.25, -0.2) is 9.18 Å². The quantitative estimate of drug-likeness (QED) is 0.778. The molecule has 1 aliphatic rings. The summed E-state index contributed by atoms with van der Waals surface area (Å²) in [7, 11) is 0. The summed E-state index contributed by atoms with van der Waals surface area (Å²) in [6.07, 6.45) is -3.52. The Morgan fingerprint density at radius 3 is 2.75 bits per heavy atom. The van der Waals surface area contributed by atoms with Crippen LogP contribution in [-0.2, 0) is 13.1 Å². The van der Waals surface area contributed by atoms with E-state index in [2.05, 4.69) is 20.9 Å². The van der Waals surface area contributed by atoms with Crippen molar-refractivity contribution in [2.45, 2.75) is 25.3 Å². The third-order valence-electron chi connectivity index (χ3n) is 3.63. The molecule has 2 N–H and O–H groups in total. The third-order valence-corrected chi connectivity index (χ3v) is 4.12. The van der Waals surface area contributed by atoms with Gasteiger partial charge < -0.3 is 5.73 Å². The Morgan fingerprint density at radius 2 is 2.08 bits per heavy atom. The number of hydrogen-bond donors (Lipinski definition) is 1. The summed E-state index contributed by atoms with van der Waals surface area (Å²) < 4.78 is 53.8. The normalized spacial score (nSPS) is 17.5. The molecule has 24 heavy (non-hydrogen) atoms. The van der Waals surface area contributed by atoms with E-state index in [-0.39, 0.29) is 23.6 Å². The molecule has 1 aromatic heterocycles. The fraction of sp³-hybridized carbons (Fsp3) is 0.286. The number of nitrogens with two attached hydrogens (primary N) is 1. The van der Waals surface area contributed by atoms with Crippen LogP contribution < -0.4 is 11.4 Å². The van der Waals surface area contributed by atoms with Gasteiger partial charge in [0.15, 0.2) is 0 Å². The zero-order chi connectivity index (χ0) is 17.6. The van der Waals surface area contributed by atoms with Crippen molar-refractivity contribution in [1.82, 2.24) is 9.13 Å². The smallest absolute Gasteiger partial charge is 0.382 e. The molecular formula is C14H11BrF4N4O. The lowest BCUT2D eigenvalue weighted by Gasteiger charge is -2.21. The van der Waals surface area contributed by atoms with Crippen LogP contribution in [0.1, 0.15) is 17.3 Å². The van der Waals surface area contributed by atoms with Gasteiger partial charge >= 0.3 is 11.9 Å². The van der Waals surface area contributed by atoms with Crippen molar-refractivity contribution in [2.24, 2.45) is 10.7 Å². The van der Waals surface area contributed by atoms with Gasteiger partial charge in [0.25, 0.3) is 0 Å². The molecule has 1 aliphatic heterocycles. The van der Waals surface area contributed by atoms with Crippen LogP contribution >= 0.6 is 15.9 Å². The maximum absolute atomic E-state index is 14.0. The summed E-state index contributed by atoms with van der Waals surface area (Å²) >= 11 is 3.22. The highest BCUT2D eigenvalue weighted by Crippen LogP contribution is 2.28. The Hall–Kier alpha value is -2.10. The predicted octanol–water partition coefficient (Wildman–Crippen LogP) is 2.57. The second kappa shape index (κ2) is 5.76. The largest absolute Gasteiger partial charge is 0.406 e. The Morgan fingerprint density at radius 1 is 1.38 bits per heavy atom. The molecule has 3 rings (SSSR count). The fourth-order valence-corrected chi connectivity index (χ4v) is 2.98. The molecule has 1 aromatic carbocycles. The van der Waals surface area contributed by atoms with E-state index >= 15 is 0 Å². The summed E-state index contributed by atoms with van der Waals surface area (Å²) in [5.41, 5.74) is 5.20. The van der Waals surface area contributed by atoms with Gasteiger partial charge in [0.05, 0.1) is 12.6 Å². The Labute approximate surface area is 141 Å². The van der Waals surface area contributed by atoms with Crippen LogP contribution in [-0.4, -0.2) is 21.1 Å². The van der Waals surface area contributed by atoms with E-state index < -0.39 is 30.3 Å². The number of imidazole rings is 1. The Kier molecular flexibility index (Phi) is 4.02. The number of rotatable bonds is 2. The minimum atomic E-state index is -4.54. The van der Waals surface area contributed by atoms with E-state index in [0.29, 0.717) is 9.04 Å². The van der Waals surface area contributed by atoms with Crippen molar-refractivity contribution >= 4 is 21.8 Å². The molecule has 128 valence electrons. The summed E-state index contributed by atoms with van der Waals surface area (Å²) in [4.78, 5) is 16.3. The molecule has 0 bridgehead atoms. The molecule has 0 spiro atoms. The lowest BCUT2D eigenvalue weighted by molar-refractivity contribution is -0.141. The highest BCUT2D eigenvalue weighted by molar-refractivity contribution is 9.10. The average Bonchev–Trinajstić information content (AvgIpc) is 2.77. The first kappa shape index (κ1) is 16.7. The molecule has 0 fully saturated rings. The standard InChI is InChI=1S/C14H11BrF4N4O/c15-7-1-2-9(16)8(3-7)10-4-23-11(12(20)21-10)5-22(13(23)24)6-14(17,18)19/h1-3,5,10H,4,6H2,(H2,20,21). The van der Waals surface area contributed by atoms with Gasteiger partial charge in [0, 0.05) is 16.2 Å². The molecule has 0 aliphatic carbocycles. The topological polar surface area (TPSA) is 65.3 Å². The molecule has 1 unspecified atom stereocenters. The van der Waals surface area contributed by atoms with Gasteiger partial charge in [-0.05, 0) is 18.2 Å². The SMILES string of the molecule is NC1=NC(c2cc(Br)ccc2F)Cn2c1cn(CC(F)(F)F)c2=O. The number of aliphatic imine (C=N–C) groups is 1. The van der Waals surface area contributed by atoms with E-state index in [0.717, 1.165) is 10.8 Å². The van der Waals surface area contributed by atoms with E-state index in [1.165, 1.54) is 18.2 Å². The molecule has 2 aromatic rings. The van der Waals surface area contributed by atoms with Gasteiger partial charge in [-0.1, -0.05) is 15.9 Å². The lowest BCUT2D eigenvalue weighted by atomic mass is 10.1. The molecule has 2 heterocycles. The lowest BCUT2D eigenvalue weighted by Crippen LogP contribution is -2.34. The van der Waals surface area contributed by atoms with Crippen LogP contribution in [0.4, 0.5) is 17.6 Å². The second-order valence-electron chi connectivity index (χ2n) is 5.35. The monoisotopic (exact) mass is 406 g/mol. The van der Waals surface area contributed by atoms with Crippen LogP contribution in [0.25, 0.3) is 0 Å². The number of hydrogen-bond acceptors (Lipinski definition) is 3.